The van der Waals surface area contributed by atoms with Crippen molar-refractivity contribution < 1.29 is 14.0 Å². The number of unbranched alkanes of at least 4 members (excludes halogenated alkanes) is 2. The summed E-state index contributed by atoms with van der Waals surface area (Å²) in [5.41, 5.74) is 8.56. The van der Waals surface area contributed by atoms with E-state index in [-0.39, 0.29) is 34.9 Å². The molecule has 1 aromatic heterocycles. The summed E-state index contributed by atoms with van der Waals surface area (Å²) in [6, 6.07) is 5.84. The van der Waals surface area contributed by atoms with E-state index in [4.69, 9.17) is 10.7 Å². The van der Waals surface area contributed by atoms with Gasteiger partial charge in [0.1, 0.15) is 23.1 Å². The van der Waals surface area contributed by atoms with E-state index in [1.54, 1.807) is 25.3 Å². The van der Waals surface area contributed by atoms with Crippen LogP contribution >= 0.6 is 0 Å². The number of allylic oxidation sites excluding steroid dienone is 1. The first kappa shape index (κ1) is 30.6. The Kier molecular flexibility index (Phi) is 10.5. The lowest BCUT2D eigenvalue weighted by Gasteiger charge is -2.32. The topological polar surface area (TPSA) is 116 Å². The van der Waals surface area contributed by atoms with Crippen LogP contribution in [0.4, 0.5) is 4.39 Å². The van der Waals surface area contributed by atoms with Crippen molar-refractivity contribution in [2.45, 2.75) is 77.7 Å². The molecule has 0 radical (unpaired) electrons. The van der Waals surface area contributed by atoms with Crippen LogP contribution in [0.15, 0.2) is 41.5 Å². The van der Waals surface area contributed by atoms with Gasteiger partial charge >= 0.3 is 0 Å². The number of rotatable bonds is 14. The number of H-pyrrole nitrogens is 1. The van der Waals surface area contributed by atoms with E-state index < -0.39 is 0 Å². The Morgan fingerprint density at radius 1 is 1.22 bits per heavy atom. The molecule has 8 nitrogen and oxygen atoms in total. The minimum absolute atomic E-state index is 0.0253. The summed E-state index contributed by atoms with van der Waals surface area (Å²) in [5, 5.41) is 3.38. The zero-order chi connectivity index (χ0) is 29.4. The highest BCUT2D eigenvalue weighted by Gasteiger charge is 2.58. The molecule has 41 heavy (non-hydrogen) atoms. The summed E-state index contributed by atoms with van der Waals surface area (Å²) in [7, 11) is 1.68. The third-order valence-corrected chi connectivity index (χ3v) is 8.90. The quantitative estimate of drug-likeness (QED) is 0.212. The van der Waals surface area contributed by atoms with Gasteiger partial charge in [-0.15, -0.1) is 0 Å². The number of nitrogens with one attached hydrogen (secondary N) is 2. The molecule has 4 N–H and O–H groups in total. The molecule has 1 aromatic carbocycles. The number of amides is 1. The van der Waals surface area contributed by atoms with Gasteiger partial charge in [0.15, 0.2) is 0 Å². The van der Waals surface area contributed by atoms with Gasteiger partial charge in [0, 0.05) is 31.4 Å². The van der Waals surface area contributed by atoms with Gasteiger partial charge in [-0.2, -0.15) is 0 Å². The Labute approximate surface area is 243 Å². The van der Waals surface area contributed by atoms with E-state index in [1.165, 1.54) is 18.3 Å². The van der Waals surface area contributed by atoms with Crippen LogP contribution in [0.2, 0.25) is 0 Å². The molecule has 2 heterocycles. The van der Waals surface area contributed by atoms with Crippen molar-refractivity contribution in [1.82, 2.24) is 20.2 Å². The fraction of sp³-hybridized carbons (Fsp3) is 0.562. The minimum Gasteiger partial charge on any atom is -0.405 e. The number of imidazole rings is 1. The summed E-state index contributed by atoms with van der Waals surface area (Å²) < 4.78 is 13.6. The van der Waals surface area contributed by atoms with Crippen molar-refractivity contribution in [2.75, 3.05) is 26.7 Å². The van der Waals surface area contributed by atoms with Gasteiger partial charge in [0.2, 0.25) is 5.91 Å². The molecule has 1 amide bonds. The second-order valence-corrected chi connectivity index (χ2v) is 11.4. The van der Waals surface area contributed by atoms with Crippen molar-refractivity contribution in [3.63, 3.8) is 0 Å². The number of benzene rings is 1. The Morgan fingerprint density at radius 3 is 2.59 bits per heavy atom. The maximum Gasteiger partial charge on any atom is 0.224 e. The molecule has 0 bridgehead atoms. The monoisotopic (exact) mass is 564 g/mol. The molecular weight excluding hydrogens is 519 g/mol. The maximum absolute atomic E-state index is 13.7. The van der Waals surface area contributed by atoms with Crippen LogP contribution in [0.25, 0.3) is 11.4 Å². The van der Waals surface area contributed by atoms with E-state index in [9.17, 15) is 14.0 Å². The Bertz CT molecular complexity index is 1240. The highest BCUT2D eigenvalue weighted by molar-refractivity contribution is 6.08. The third kappa shape index (κ3) is 7.50. The fourth-order valence-corrected chi connectivity index (χ4v) is 6.10. The number of carbonyl (C=O) groups is 2. The number of aromatic nitrogens is 2. The maximum atomic E-state index is 13.7. The number of halogens is 1. The Hall–Kier alpha value is -3.33. The van der Waals surface area contributed by atoms with Crippen molar-refractivity contribution in [3.05, 3.63) is 53.7 Å². The predicted octanol–water partition coefficient (Wildman–Crippen LogP) is 5.32. The number of piperidine rings is 1. The minimum atomic E-state index is -0.322. The Morgan fingerprint density at radius 2 is 1.95 bits per heavy atom. The molecule has 9 heteroatoms. The molecule has 222 valence electrons. The Balaban J connectivity index is 1.59. The third-order valence-electron chi connectivity index (χ3n) is 8.90. The lowest BCUT2D eigenvalue weighted by molar-refractivity contribution is -0.124. The van der Waals surface area contributed by atoms with E-state index in [0.29, 0.717) is 36.5 Å². The van der Waals surface area contributed by atoms with E-state index in [1.807, 2.05) is 6.92 Å². The van der Waals surface area contributed by atoms with Crippen LogP contribution < -0.4 is 11.1 Å². The molecule has 1 unspecified atom stereocenters. The smallest absolute Gasteiger partial charge is 0.224 e. The predicted molar refractivity (Wildman–Crippen MR) is 161 cm³/mol. The average molecular weight is 565 g/mol. The number of likely N-dealkylation sites (tertiary alicyclic amines) is 1. The van der Waals surface area contributed by atoms with Gasteiger partial charge < -0.3 is 20.9 Å². The van der Waals surface area contributed by atoms with Gasteiger partial charge in [-0.3, -0.25) is 14.6 Å². The average Bonchev–Trinajstić information content (AvgIpc) is 3.51. The number of aliphatic imine (C=N–C) groups is 1. The van der Waals surface area contributed by atoms with Gasteiger partial charge in [0.25, 0.3) is 0 Å². The summed E-state index contributed by atoms with van der Waals surface area (Å²) in [4.78, 5) is 40.7. The van der Waals surface area contributed by atoms with Crippen molar-refractivity contribution in [1.29, 1.82) is 0 Å². The molecule has 2 aliphatic rings. The van der Waals surface area contributed by atoms with Gasteiger partial charge in [0.05, 0.1) is 17.4 Å². The number of hydrogen-bond acceptors (Lipinski definition) is 6. The number of carbonyl (C=O) groups excluding carboxylic acids is 2. The van der Waals surface area contributed by atoms with Crippen LogP contribution in [0.3, 0.4) is 0 Å². The largest absolute Gasteiger partial charge is 0.405 e. The molecule has 2 atom stereocenters. The van der Waals surface area contributed by atoms with Crippen LogP contribution in [0.1, 0.15) is 89.1 Å². The zero-order valence-corrected chi connectivity index (χ0v) is 24.7. The molecule has 1 spiro atoms. The standard InChI is InChI=1S/C32H45FN6O2/c1-4-24(40)9-7-6-8-10-27(36-31(41)25-21-32(25)16-19-39(5-2)20-17-32)29-28(26(35-3)15-18-34)37-30(38-29)22-11-13-23(33)14-12-22/h11-15,18,25,27H,4-10,16-17,19-21,34H2,1-3H3,(H,36,41)(H,37,38)/t25?,27-/m0/s1. The lowest BCUT2D eigenvalue weighted by atomic mass is 9.90. The van der Waals surface area contributed by atoms with E-state index in [2.05, 4.69) is 27.1 Å². The van der Waals surface area contributed by atoms with Gasteiger partial charge in [-0.1, -0.05) is 26.7 Å². The number of ketones is 1. The first-order valence-corrected chi connectivity index (χ1v) is 15.1. The summed E-state index contributed by atoms with van der Waals surface area (Å²) in [6.07, 6.45) is 10.6. The van der Waals surface area contributed by atoms with E-state index >= 15 is 0 Å². The second-order valence-electron chi connectivity index (χ2n) is 11.4. The molecule has 1 aliphatic carbocycles. The molecule has 1 aliphatic heterocycles. The normalized spacial score (nSPS) is 19.5. The number of aromatic amines is 1. The molecule has 4 rings (SSSR count). The van der Waals surface area contributed by atoms with Crippen LogP contribution in [0.5, 0.6) is 0 Å². The fourth-order valence-electron chi connectivity index (χ4n) is 6.10. The number of nitrogens with zero attached hydrogens (tertiary/aromatic N) is 3. The molecule has 1 saturated carbocycles. The van der Waals surface area contributed by atoms with Crippen LogP contribution in [-0.4, -0.2) is 59.0 Å². The van der Waals surface area contributed by atoms with Gasteiger partial charge in [-0.25, -0.2) is 9.37 Å². The highest BCUT2D eigenvalue weighted by atomic mass is 19.1. The molecule has 2 aromatic rings. The summed E-state index contributed by atoms with van der Waals surface area (Å²) in [5.74, 6) is 0.647. The van der Waals surface area contributed by atoms with Crippen LogP contribution in [0, 0.1) is 17.2 Å². The molecule has 2 fully saturated rings. The molecule has 1 saturated heterocycles. The first-order valence-electron chi connectivity index (χ1n) is 15.1. The van der Waals surface area contributed by atoms with Crippen molar-refractivity contribution >= 4 is 17.4 Å². The molecular formula is C32H45FN6O2. The summed E-state index contributed by atoms with van der Waals surface area (Å²) >= 11 is 0. The zero-order valence-electron chi connectivity index (χ0n) is 24.7. The number of Topliss-reactive ketones (excluding diaryl/α,β-unsaturated/α-hetero) is 1. The van der Waals surface area contributed by atoms with Crippen molar-refractivity contribution in [3.8, 4) is 11.4 Å². The second kappa shape index (κ2) is 14.0. The van der Waals surface area contributed by atoms with E-state index in [0.717, 1.165) is 69.4 Å². The highest BCUT2D eigenvalue weighted by Crippen LogP contribution is 2.59. The lowest BCUT2D eigenvalue weighted by Crippen LogP contribution is -2.37. The van der Waals surface area contributed by atoms with Crippen LogP contribution in [-0.2, 0) is 9.59 Å². The van der Waals surface area contributed by atoms with Gasteiger partial charge in [-0.05, 0) is 93.7 Å². The SMILES string of the molecule is CCC(=O)CCCCC[C@H](NC(=O)C1CC12CCN(CC)CC2)c1[nH]c(-c2ccc(F)cc2)nc1C(C=CN)=NC. The summed E-state index contributed by atoms with van der Waals surface area (Å²) in [6.45, 7) is 7.23. The number of nitrogens with two attached hydrogens (primary N) is 1. The number of hydrogen-bond donors (Lipinski definition) is 3. The first-order chi connectivity index (χ1) is 19.8. The van der Waals surface area contributed by atoms with Crippen molar-refractivity contribution in [2.24, 2.45) is 22.1 Å².